The standard InChI is InChI=1S/C13H18NO2S.HI/c1-5-14-9(2)13(3,4)11-8-10(17(15)16)6-7-12(11)14;/h6-9H,5H2,1-4H3;1H/q+1;/p-1. The van der Waals surface area contributed by atoms with Gasteiger partial charge in [0, 0.05) is 11.6 Å². The van der Waals surface area contributed by atoms with Crippen molar-refractivity contribution in [1.82, 2.24) is 0 Å². The molecule has 0 radical (unpaired) electrons. The molecule has 2 rings (SSSR count). The molecule has 18 heavy (non-hydrogen) atoms. The zero-order valence-electron chi connectivity index (χ0n) is 11.1. The van der Waals surface area contributed by atoms with Crippen molar-refractivity contribution in [3.8, 4) is 0 Å². The van der Waals surface area contributed by atoms with Gasteiger partial charge < -0.3 is 24.0 Å². The number of hydrogen-bond donors (Lipinski definition) is 0. The lowest BCUT2D eigenvalue weighted by Gasteiger charge is -2.22. The van der Waals surface area contributed by atoms with Gasteiger partial charge >= 0.3 is 0 Å². The van der Waals surface area contributed by atoms with E-state index in [4.69, 9.17) is 0 Å². The molecule has 5 heteroatoms. The summed E-state index contributed by atoms with van der Waals surface area (Å²) in [4.78, 5) is 0.377. The largest absolute Gasteiger partial charge is 1.00 e. The number of allylic oxidation sites excluding steroid dienone is 3. The van der Waals surface area contributed by atoms with E-state index in [9.17, 15) is 8.42 Å². The van der Waals surface area contributed by atoms with Crippen LogP contribution in [0.25, 0.3) is 0 Å². The lowest BCUT2D eigenvalue weighted by atomic mass is 9.78. The molecule has 0 fully saturated rings. The van der Waals surface area contributed by atoms with E-state index in [0.29, 0.717) is 10.9 Å². The molecular formula is C13H18INO2S. The molecule has 2 aliphatic rings. The van der Waals surface area contributed by atoms with Gasteiger partial charge in [-0.1, -0.05) is 0 Å². The van der Waals surface area contributed by atoms with Crippen molar-refractivity contribution in [1.29, 1.82) is 0 Å². The van der Waals surface area contributed by atoms with Crippen LogP contribution in [-0.2, 0) is 10.3 Å². The van der Waals surface area contributed by atoms with Gasteiger partial charge in [0.15, 0.2) is 6.04 Å². The molecule has 100 valence electrons. The molecule has 1 unspecified atom stereocenters. The minimum Gasteiger partial charge on any atom is -1.00 e. The number of fused-ring (bicyclic) bond motifs is 1. The van der Waals surface area contributed by atoms with Crippen LogP contribution < -0.4 is 24.0 Å². The Morgan fingerprint density at radius 1 is 1.33 bits per heavy atom. The second-order valence-corrected chi connectivity index (χ2v) is 6.04. The van der Waals surface area contributed by atoms with Crippen LogP contribution in [0.1, 0.15) is 27.7 Å². The molecule has 0 saturated carbocycles. The van der Waals surface area contributed by atoms with Gasteiger partial charge in [-0.3, -0.25) is 0 Å². The predicted molar refractivity (Wildman–Crippen MR) is 70.2 cm³/mol. The summed E-state index contributed by atoms with van der Waals surface area (Å²) in [5, 5.41) is 0. The van der Waals surface area contributed by atoms with Gasteiger partial charge in [-0.05, 0) is 39.8 Å². The zero-order chi connectivity index (χ0) is 12.8. The molecule has 1 atom stereocenters. The molecule has 1 heterocycles. The van der Waals surface area contributed by atoms with Crippen LogP contribution in [0, 0.1) is 5.41 Å². The van der Waals surface area contributed by atoms with Gasteiger partial charge in [0.05, 0.1) is 10.3 Å². The summed E-state index contributed by atoms with van der Waals surface area (Å²) in [5.74, 6) is 0. The summed E-state index contributed by atoms with van der Waals surface area (Å²) in [6.45, 7) is 9.60. The van der Waals surface area contributed by atoms with E-state index >= 15 is 0 Å². The number of rotatable bonds is 1. The lowest BCUT2D eigenvalue weighted by Crippen LogP contribution is -3.00. The predicted octanol–water partition coefficient (Wildman–Crippen LogP) is -1.56. The fraction of sp³-hybridized carbons (Fsp3) is 0.538. The molecule has 3 nitrogen and oxygen atoms in total. The van der Waals surface area contributed by atoms with E-state index in [1.54, 1.807) is 6.08 Å². The average Bonchev–Trinajstić information content (AvgIpc) is 2.47. The van der Waals surface area contributed by atoms with E-state index < -0.39 is 10.3 Å². The molecule has 0 aromatic carbocycles. The fourth-order valence-corrected chi connectivity index (χ4v) is 3.05. The first-order valence-electron chi connectivity index (χ1n) is 5.90. The van der Waals surface area contributed by atoms with Crippen LogP contribution >= 0.6 is 0 Å². The van der Waals surface area contributed by atoms with Crippen molar-refractivity contribution >= 4 is 20.9 Å². The summed E-state index contributed by atoms with van der Waals surface area (Å²) < 4.78 is 24.4. The molecule has 0 amide bonds. The molecule has 0 aromatic heterocycles. The highest BCUT2D eigenvalue weighted by molar-refractivity contribution is 7.73. The van der Waals surface area contributed by atoms with Crippen molar-refractivity contribution in [3.63, 3.8) is 0 Å². The molecule has 0 saturated heterocycles. The molecular weight excluding hydrogens is 361 g/mol. The second kappa shape index (κ2) is 5.28. The topological polar surface area (TPSA) is 37.1 Å². The Balaban J connectivity index is 0.00000162. The third-order valence-electron chi connectivity index (χ3n) is 4.02. The molecule has 0 aromatic rings. The molecule has 0 bridgehead atoms. The van der Waals surface area contributed by atoms with E-state index in [2.05, 4.69) is 32.3 Å². The van der Waals surface area contributed by atoms with Gasteiger partial charge in [0.25, 0.3) is 0 Å². The number of nitrogens with zero attached hydrogens (tertiary/aromatic N) is 1. The fourth-order valence-electron chi connectivity index (χ4n) is 2.65. The highest BCUT2D eigenvalue weighted by Crippen LogP contribution is 2.39. The van der Waals surface area contributed by atoms with E-state index in [0.717, 1.165) is 12.1 Å². The minimum absolute atomic E-state index is 0. The monoisotopic (exact) mass is 379 g/mol. The summed E-state index contributed by atoms with van der Waals surface area (Å²) in [6, 6.07) is 0.387. The Morgan fingerprint density at radius 2 is 1.94 bits per heavy atom. The minimum atomic E-state index is -2.15. The zero-order valence-corrected chi connectivity index (χ0v) is 14.0. The van der Waals surface area contributed by atoms with Crippen molar-refractivity contribution in [2.24, 2.45) is 5.41 Å². The van der Waals surface area contributed by atoms with Crippen molar-refractivity contribution in [3.05, 3.63) is 23.8 Å². The van der Waals surface area contributed by atoms with Crippen molar-refractivity contribution in [2.75, 3.05) is 6.54 Å². The third kappa shape index (κ3) is 2.22. The Labute approximate surface area is 127 Å². The Bertz CT molecular complexity index is 586. The normalized spacial score (nSPS) is 24.6. The maximum Gasteiger partial charge on any atom is 0.221 e. The van der Waals surface area contributed by atoms with E-state index in [1.807, 2.05) is 12.2 Å². The van der Waals surface area contributed by atoms with Crippen LogP contribution in [0.2, 0.25) is 0 Å². The highest BCUT2D eigenvalue weighted by atomic mass is 127. The summed E-state index contributed by atoms with van der Waals surface area (Å²) in [7, 11) is -2.15. The Kier molecular flexibility index (Phi) is 4.59. The maximum absolute atomic E-state index is 11.0. The van der Waals surface area contributed by atoms with Crippen LogP contribution in [0.5, 0.6) is 0 Å². The van der Waals surface area contributed by atoms with Crippen LogP contribution in [0.3, 0.4) is 0 Å². The second-order valence-electron chi connectivity index (χ2n) is 5.10. The molecule has 1 aliphatic heterocycles. The first kappa shape index (κ1) is 15.6. The highest BCUT2D eigenvalue weighted by Gasteiger charge is 2.48. The van der Waals surface area contributed by atoms with E-state index in [-0.39, 0.29) is 29.4 Å². The third-order valence-corrected chi connectivity index (χ3v) is 4.66. The van der Waals surface area contributed by atoms with Crippen LogP contribution in [0.4, 0.5) is 0 Å². The summed E-state index contributed by atoms with van der Waals surface area (Å²) >= 11 is 0. The molecule has 1 aliphatic carbocycles. The van der Waals surface area contributed by atoms with Gasteiger partial charge in [-0.25, -0.2) is 4.58 Å². The lowest BCUT2D eigenvalue weighted by molar-refractivity contribution is -0.562. The summed E-state index contributed by atoms with van der Waals surface area (Å²) in [6.07, 6.45) is 5.42. The summed E-state index contributed by atoms with van der Waals surface area (Å²) in [5.41, 5.74) is 2.29. The van der Waals surface area contributed by atoms with Crippen LogP contribution in [-0.4, -0.2) is 36.2 Å². The van der Waals surface area contributed by atoms with Crippen molar-refractivity contribution < 1.29 is 37.0 Å². The first-order chi connectivity index (χ1) is 7.89. The van der Waals surface area contributed by atoms with E-state index in [1.165, 1.54) is 5.71 Å². The Hall–Kier alpha value is -0.430. The van der Waals surface area contributed by atoms with Crippen LogP contribution in [0.15, 0.2) is 23.8 Å². The smallest absolute Gasteiger partial charge is 0.221 e. The number of hydrogen-bond acceptors (Lipinski definition) is 2. The van der Waals surface area contributed by atoms with Gasteiger partial charge in [0.1, 0.15) is 6.54 Å². The molecule has 0 spiro atoms. The van der Waals surface area contributed by atoms with Gasteiger partial charge in [-0.2, -0.15) is 8.42 Å². The average molecular weight is 379 g/mol. The number of halogens is 1. The van der Waals surface area contributed by atoms with Gasteiger partial charge in [0.2, 0.25) is 16.0 Å². The SMILES string of the molecule is CC[N+]1=C2C=CC(=S(=O)=O)C=C2C(C)(C)C1C.[I-]. The maximum atomic E-state index is 11.0. The first-order valence-corrected chi connectivity index (χ1v) is 6.97. The van der Waals surface area contributed by atoms with Gasteiger partial charge in [-0.15, -0.1) is 0 Å². The quantitative estimate of drug-likeness (QED) is 0.314. The molecule has 0 N–H and O–H groups in total. The Morgan fingerprint density at radius 3 is 2.44 bits per heavy atom. The van der Waals surface area contributed by atoms with Crippen molar-refractivity contribution in [2.45, 2.75) is 33.7 Å².